The van der Waals surface area contributed by atoms with Gasteiger partial charge in [-0.2, -0.15) is 5.10 Å². The molecule has 0 aliphatic heterocycles. The van der Waals surface area contributed by atoms with Crippen LogP contribution < -0.4 is 16.4 Å². The van der Waals surface area contributed by atoms with Crippen LogP contribution in [0.5, 0.6) is 0 Å². The second-order valence-electron chi connectivity index (χ2n) is 7.37. The molecule has 0 saturated carbocycles. The number of aromatic nitrogens is 3. The topological polar surface area (TPSA) is 120 Å². The first-order valence-electron chi connectivity index (χ1n) is 10.0. The minimum Gasteiger partial charge on any atom is -0.382 e. The highest BCUT2D eigenvalue weighted by Gasteiger charge is 2.27. The molecule has 10 heteroatoms. The van der Waals surface area contributed by atoms with E-state index in [0.717, 1.165) is 16.9 Å². The molecule has 1 amide bonds. The van der Waals surface area contributed by atoms with Crippen molar-refractivity contribution >= 4 is 39.7 Å². The Kier molecular flexibility index (Phi) is 6.18. The number of halogens is 1. The highest BCUT2D eigenvalue weighted by atomic mass is 32.1. The Bertz CT molecular complexity index is 1270. The number of nitrogens with two attached hydrogens (primary N) is 2. The fourth-order valence-electron chi connectivity index (χ4n) is 3.29. The van der Waals surface area contributed by atoms with E-state index in [1.807, 2.05) is 24.4 Å². The van der Waals surface area contributed by atoms with Crippen LogP contribution in [0.25, 0.3) is 0 Å². The molecular weight excluding hydrogens is 443 g/mol. The number of nitrogen functional groups attached to an aromatic ring is 1. The van der Waals surface area contributed by atoms with E-state index < -0.39 is 17.8 Å². The van der Waals surface area contributed by atoms with Gasteiger partial charge in [0.25, 0.3) is 0 Å². The summed E-state index contributed by atoms with van der Waals surface area (Å²) in [6.07, 6.45) is 3.56. The normalized spacial score (nSPS) is 11.8. The van der Waals surface area contributed by atoms with Crippen molar-refractivity contribution in [1.82, 2.24) is 14.8 Å². The van der Waals surface area contributed by atoms with E-state index in [4.69, 9.17) is 11.5 Å². The molecule has 1 unspecified atom stereocenters. The average Bonchev–Trinajstić information content (AvgIpc) is 3.45. The number of primary amides is 1. The fraction of sp³-hybridized carbons (Fsp3) is 0.130. The number of hydrogen-bond donors (Lipinski definition) is 2. The maximum atomic E-state index is 13.4. The van der Waals surface area contributed by atoms with Crippen molar-refractivity contribution in [2.45, 2.75) is 19.5 Å². The molecular formula is C23H21FN6O2S. The molecule has 2 heterocycles. The Labute approximate surface area is 193 Å². The van der Waals surface area contributed by atoms with Crippen LogP contribution >= 0.6 is 11.3 Å². The molecule has 0 bridgehead atoms. The molecule has 2 aromatic heterocycles. The van der Waals surface area contributed by atoms with Crippen molar-refractivity contribution in [1.29, 1.82) is 0 Å². The summed E-state index contributed by atoms with van der Waals surface area (Å²) in [5.74, 6) is -1.26. The van der Waals surface area contributed by atoms with Crippen LogP contribution in [-0.4, -0.2) is 32.5 Å². The lowest BCUT2D eigenvalue weighted by atomic mass is 10.1. The molecule has 33 heavy (non-hydrogen) atoms. The van der Waals surface area contributed by atoms with Crippen LogP contribution in [0, 0.1) is 5.82 Å². The first kappa shape index (κ1) is 22.2. The van der Waals surface area contributed by atoms with Crippen LogP contribution in [0.1, 0.15) is 27.7 Å². The predicted molar refractivity (Wildman–Crippen MR) is 125 cm³/mol. The SMILES string of the molecule is CC(C(N)=O)N(c1ccc(F)cc1)c1nc(N)c(C(=O)c2ccc(Cn3cccn3)cc2)s1. The number of benzene rings is 2. The van der Waals surface area contributed by atoms with E-state index in [1.54, 1.807) is 29.9 Å². The third kappa shape index (κ3) is 4.75. The second kappa shape index (κ2) is 9.21. The highest BCUT2D eigenvalue weighted by Crippen LogP contribution is 2.36. The summed E-state index contributed by atoms with van der Waals surface area (Å²) in [5, 5.41) is 4.48. The minimum atomic E-state index is -0.800. The molecule has 2 aromatic carbocycles. The molecule has 0 radical (unpaired) electrons. The molecule has 4 N–H and O–H groups in total. The first-order valence-corrected chi connectivity index (χ1v) is 10.9. The summed E-state index contributed by atoms with van der Waals surface area (Å²) in [6.45, 7) is 2.19. The van der Waals surface area contributed by atoms with Gasteiger partial charge in [0.2, 0.25) is 11.7 Å². The zero-order chi connectivity index (χ0) is 23.5. The highest BCUT2D eigenvalue weighted by molar-refractivity contribution is 7.18. The van der Waals surface area contributed by atoms with Crippen molar-refractivity contribution < 1.29 is 14.0 Å². The van der Waals surface area contributed by atoms with E-state index in [0.29, 0.717) is 22.9 Å². The van der Waals surface area contributed by atoms with Gasteiger partial charge in [-0.05, 0) is 42.8 Å². The van der Waals surface area contributed by atoms with Gasteiger partial charge in [0.1, 0.15) is 22.6 Å². The van der Waals surface area contributed by atoms with E-state index in [9.17, 15) is 14.0 Å². The van der Waals surface area contributed by atoms with Gasteiger partial charge in [0, 0.05) is 23.6 Å². The van der Waals surface area contributed by atoms with Crippen molar-refractivity contribution in [3.63, 3.8) is 0 Å². The minimum absolute atomic E-state index is 0.0457. The predicted octanol–water partition coefficient (Wildman–Crippen LogP) is 3.35. The summed E-state index contributed by atoms with van der Waals surface area (Å²) < 4.78 is 15.2. The Morgan fingerprint density at radius 3 is 2.45 bits per heavy atom. The number of carbonyl (C=O) groups excluding carboxylic acids is 2. The van der Waals surface area contributed by atoms with Crippen LogP contribution in [-0.2, 0) is 11.3 Å². The number of anilines is 3. The first-order chi connectivity index (χ1) is 15.8. The van der Waals surface area contributed by atoms with Crippen LogP contribution in [0.3, 0.4) is 0 Å². The molecule has 0 spiro atoms. The monoisotopic (exact) mass is 464 g/mol. The smallest absolute Gasteiger partial charge is 0.240 e. The summed E-state index contributed by atoms with van der Waals surface area (Å²) in [5.41, 5.74) is 13.5. The molecule has 0 aliphatic carbocycles. The maximum absolute atomic E-state index is 13.4. The number of hydrogen-bond acceptors (Lipinski definition) is 7. The average molecular weight is 465 g/mol. The van der Waals surface area contributed by atoms with Crippen molar-refractivity contribution in [3.8, 4) is 0 Å². The lowest BCUT2D eigenvalue weighted by molar-refractivity contribution is -0.118. The molecule has 168 valence electrons. The fourth-order valence-corrected chi connectivity index (χ4v) is 4.34. The van der Waals surface area contributed by atoms with Crippen molar-refractivity contribution in [2.24, 2.45) is 5.73 Å². The number of carbonyl (C=O) groups is 2. The molecule has 0 saturated heterocycles. The molecule has 1 atom stereocenters. The van der Waals surface area contributed by atoms with E-state index in [2.05, 4.69) is 10.1 Å². The van der Waals surface area contributed by atoms with Gasteiger partial charge in [-0.1, -0.05) is 35.6 Å². The van der Waals surface area contributed by atoms with Crippen LogP contribution in [0.4, 0.5) is 21.0 Å². The Morgan fingerprint density at radius 2 is 1.85 bits per heavy atom. The number of nitrogens with zero attached hydrogens (tertiary/aromatic N) is 4. The maximum Gasteiger partial charge on any atom is 0.240 e. The molecule has 4 rings (SSSR count). The third-order valence-corrected chi connectivity index (χ3v) is 6.15. The quantitative estimate of drug-likeness (QED) is 0.386. The third-order valence-electron chi connectivity index (χ3n) is 5.08. The van der Waals surface area contributed by atoms with Crippen LogP contribution in [0.15, 0.2) is 67.0 Å². The number of rotatable bonds is 8. The summed E-state index contributed by atoms with van der Waals surface area (Å²) >= 11 is 1.05. The Morgan fingerprint density at radius 1 is 1.15 bits per heavy atom. The molecule has 0 fully saturated rings. The van der Waals surface area contributed by atoms with Gasteiger partial charge < -0.3 is 16.4 Å². The van der Waals surface area contributed by atoms with Gasteiger partial charge in [0.15, 0.2) is 5.13 Å². The summed E-state index contributed by atoms with van der Waals surface area (Å²) in [4.78, 5) is 31.1. The van der Waals surface area contributed by atoms with Gasteiger partial charge in [-0.3, -0.25) is 14.3 Å². The van der Waals surface area contributed by atoms with E-state index >= 15 is 0 Å². The number of thiazole rings is 1. The standard InChI is InChI=1S/C23H21FN6O2S/c1-14(22(26)32)30(18-9-7-17(24)8-10-18)23-28-21(25)20(33-23)19(31)16-5-3-15(4-6-16)13-29-12-2-11-27-29/h2-12,14H,13,25H2,1H3,(H2,26,32). The molecule has 8 nitrogen and oxygen atoms in total. The number of amides is 1. The number of ketones is 1. The zero-order valence-electron chi connectivity index (χ0n) is 17.7. The summed E-state index contributed by atoms with van der Waals surface area (Å²) in [6, 6.07) is 13.8. The second-order valence-corrected chi connectivity index (χ2v) is 8.34. The van der Waals surface area contributed by atoms with Crippen LogP contribution in [0.2, 0.25) is 0 Å². The summed E-state index contributed by atoms with van der Waals surface area (Å²) in [7, 11) is 0. The Hall–Kier alpha value is -4.05. The van der Waals surface area contributed by atoms with Crippen molar-refractivity contribution in [3.05, 3.63) is 88.8 Å². The van der Waals surface area contributed by atoms with Crippen molar-refractivity contribution in [2.75, 3.05) is 10.6 Å². The van der Waals surface area contributed by atoms with Gasteiger partial charge in [-0.15, -0.1) is 0 Å². The Balaban J connectivity index is 1.62. The van der Waals surface area contributed by atoms with E-state index in [-0.39, 0.29) is 16.5 Å². The zero-order valence-corrected chi connectivity index (χ0v) is 18.5. The lowest BCUT2D eigenvalue weighted by Crippen LogP contribution is -2.39. The molecule has 0 aliphatic rings. The van der Waals surface area contributed by atoms with E-state index in [1.165, 1.54) is 29.2 Å². The lowest BCUT2D eigenvalue weighted by Gasteiger charge is -2.26. The van der Waals surface area contributed by atoms with Gasteiger partial charge in [-0.25, -0.2) is 9.37 Å². The van der Waals surface area contributed by atoms with Gasteiger partial charge >= 0.3 is 0 Å². The largest absolute Gasteiger partial charge is 0.382 e. The molecule has 4 aromatic rings. The van der Waals surface area contributed by atoms with Gasteiger partial charge in [0.05, 0.1) is 6.54 Å².